The molecule has 0 bridgehead atoms. The van der Waals surface area contributed by atoms with E-state index in [-0.39, 0.29) is 18.0 Å². The van der Waals surface area contributed by atoms with E-state index in [4.69, 9.17) is 0 Å². The molecule has 0 radical (unpaired) electrons. The standard InChI is InChI=1S/C27H24BrN3O3S/c1-20-9-11-21(12-10-20)18-31(35(33,34)25-15-13-24(28)14-16-25)19-27(32)30-29-17-23-7-4-6-22-5-2-3-8-26(22)23/h2-17H,18-19H2,1H3,(H,30,32)/b29-17-. The minimum Gasteiger partial charge on any atom is -0.272 e. The highest BCUT2D eigenvalue weighted by Gasteiger charge is 2.27. The summed E-state index contributed by atoms with van der Waals surface area (Å²) in [4.78, 5) is 12.9. The molecule has 0 unspecified atom stereocenters. The van der Waals surface area contributed by atoms with Gasteiger partial charge in [-0.3, -0.25) is 4.79 Å². The summed E-state index contributed by atoms with van der Waals surface area (Å²) in [7, 11) is -3.93. The number of hydrogen-bond donors (Lipinski definition) is 1. The average Bonchev–Trinajstić information content (AvgIpc) is 2.85. The van der Waals surface area contributed by atoms with Gasteiger partial charge >= 0.3 is 0 Å². The summed E-state index contributed by atoms with van der Waals surface area (Å²) in [6, 6.07) is 27.6. The Balaban J connectivity index is 1.53. The van der Waals surface area contributed by atoms with Gasteiger partial charge in [-0.2, -0.15) is 9.41 Å². The van der Waals surface area contributed by atoms with Gasteiger partial charge in [0.2, 0.25) is 10.0 Å². The van der Waals surface area contributed by atoms with Gasteiger partial charge in [0.1, 0.15) is 0 Å². The molecule has 4 aromatic carbocycles. The van der Waals surface area contributed by atoms with Gasteiger partial charge in [0.25, 0.3) is 5.91 Å². The maximum absolute atomic E-state index is 13.4. The Bertz CT molecular complexity index is 1460. The van der Waals surface area contributed by atoms with Crippen molar-refractivity contribution in [1.29, 1.82) is 0 Å². The summed E-state index contributed by atoms with van der Waals surface area (Å²) in [5.74, 6) is -0.533. The zero-order chi connectivity index (χ0) is 24.8. The molecule has 0 aliphatic heterocycles. The second kappa shape index (κ2) is 10.9. The molecule has 1 N–H and O–H groups in total. The van der Waals surface area contributed by atoms with E-state index in [1.807, 2.05) is 73.7 Å². The third-order valence-electron chi connectivity index (χ3n) is 5.47. The Morgan fingerprint density at radius 3 is 2.37 bits per heavy atom. The Morgan fingerprint density at radius 2 is 1.63 bits per heavy atom. The maximum atomic E-state index is 13.4. The van der Waals surface area contributed by atoms with Crippen LogP contribution >= 0.6 is 15.9 Å². The molecule has 0 spiro atoms. The summed E-state index contributed by atoms with van der Waals surface area (Å²) in [5.41, 5.74) is 5.17. The number of aryl methyl sites for hydroxylation is 1. The van der Waals surface area contributed by atoms with Crippen LogP contribution in [-0.4, -0.2) is 31.4 Å². The lowest BCUT2D eigenvalue weighted by Gasteiger charge is -2.21. The van der Waals surface area contributed by atoms with Crippen molar-refractivity contribution in [2.75, 3.05) is 6.54 Å². The summed E-state index contributed by atoms with van der Waals surface area (Å²) >= 11 is 3.32. The largest absolute Gasteiger partial charge is 0.272 e. The van der Waals surface area contributed by atoms with Crippen LogP contribution in [0.2, 0.25) is 0 Å². The zero-order valence-corrected chi connectivity index (χ0v) is 21.5. The van der Waals surface area contributed by atoms with Crippen LogP contribution in [0.15, 0.2) is 105 Å². The zero-order valence-electron chi connectivity index (χ0n) is 19.1. The minimum absolute atomic E-state index is 0.0547. The fourth-order valence-electron chi connectivity index (χ4n) is 3.61. The molecule has 6 nitrogen and oxygen atoms in total. The molecule has 0 heterocycles. The molecule has 4 rings (SSSR count). The van der Waals surface area contributed by atoms with Crippen LogP contribution in [0, 0.1) is 6.92 Å². The van der Waals surface area contributed by atoms with Crippen LogP contribution in [0.1, 0.15) is 16.7 Å². The van der Waals surface area contributed by atoms with Crippen molar-refractivity contribution < 1.29 is 13.2 Å². The van der Waals surface area contributed by atoms with Gasteiger partial charge in [0, 0.05) is 16.6 Å². The van der Waals surface area contributed by atoms with Gasteiger partial charge in [-0.05, 0) is 47.5 Å². The van der Waals surface area contributed by atoms with E-state index in [2.05, 4.69) is 26.5 Å². The van der Waals surface area contributed by atoms with Crippen LogP contribution in [0.3, 0.4) is 0 Å². The molecule has 0 saturated carbocycles. The summed E-state index contributed by atoms with van der Waals surface area (Å²) in [5, 5.41) is 6.15. The molecule has 0 atom stereocenters. The van der Waals surface area contributed by atoms with Crippen molar-refractivity contribution >= 4 is 48.8 Å². The van der Waals surface area contributed by atoms with Crippen molar-refractivity contribution in [3.63, 3.8) is 0 Å². The summed E-state index contributed by atoms with van der Waals surface area (Å²) in [6.07, 6.45) is 1.56. The van der Waals surface area contributed by atoms with E-state index in [1.165, 1.54) is 12.1 Å². The number of nitrogens with zero attached hydrogens (tertiary/aromatic N) is 2. The van der Waals surface area contributed by atoms with E-state index < -0.39 is 15.9 Å². The number of hydrazone groups is 1. The molecular weight excluding hydrogens is 526 g/mol. The van der Waals surface area contributed by atoms with Crippen molar-refractivity contribution in [3.05, 3.63) is 112 Å². The Morgan fingerprint density at radius 1 is 0.943 bits per heavy atom. The van der Waals surface area contributed by atoms with Gasteiger partial charge in [0.05, 0.1) is 17.7 Å². The first-order chi connectivity index (χ1) is 16.8. The number of benzene rings is 4. The van der Waals surface area contributed by atoms with E-state index in [1.54, 1.807) is 18.3 Å². The molecular formula is C27H24BrN3O3S. The molecule has 0 saturated heterocycles. The van der Waals surface area contributed by atoms with Crippen LogP contribution in [0.25, 0.3) is 10.8 Å². The lowest BCUT2D eigenvalue weighted by molar-refractivity contribution is -0.121. The lowest BCUT2D eigenvalue weighted by atomic mass is 10.1. The number of carbonyl (C=O) groups excluding carboxylic acids is 1. The summed E-state index contributed by atoms with van der Waals surface area (Å²) < 4.78 is 28.7. The molecule has 0 aliphatic carbocycles. The second-order valence-corrected chi connectivity index (χ2v) is 10.9. The number of amides is 1. The van der Waals surface area contributed by atoms with Crippen molar-refractivity contribution in [2.24, 2.45) is 5.10 Å². The van der Waals surface area contributed by atoms with Crippen molar-refractivity contribution in [3.8, 4) is 0 Å². The van der Waals surface area contributed by atoms with Crippen molar-refractivity contribution in [1.82, 2.24) is 9.73 Å². The molecule has 178 valence electrons. The Hall–Kier alpha value is -3.33. The van der Waals surface area contributed by atoms with Crippen LogP contribution in [0.5, 0.6) is 0 Å². The van der Waals surface area contributed by atoms with Gasteiger partial charge < -0.3 is 0 Å². The van der Waals surface area contributed by atoms with Crippen LogP contribution in [0.4, 0.5) is 0 Å². The first-order valence-corrected chi connectivity index (χ1v) is 13.2. The van der Waals surface area contributed by atoms with E-state index in [0.29, 0.717) is 0 Å². The van der Waals surface area contributed by atoms with Gasteiger partial charge in [-0.15, -0.1) is 0 Å². The first-order valence-electron chi connectivity index (χ1n) is 10.9. The number of fused-ring (bicyclic) bond motifs is 1. The van der Waals surface area contributed by atoms with Gasteiger partial charge in [-0.25, -0.2) is 13.8 Å². The SMILES string of the molecule is Cc1ccc(CN(CC(=O)N/N=C\c2cccc3ccccc23)S(=O)(=O)c2ccc(Br)cc2)cc1. The third-order valence-corrected chi connectivity index (χ3v) is 7.80. The predicted molar refractivity (Wildman–Crippen MR) is 143 cm³/mol. The monoisotopic (exact) mass is 549 g/mol. The van der Waals surface area contributed by atoms with Crippen LogP contribution in [-0.2, 0) is 21.4 Å². The molecule has 35 heavy (non-hydrogen) atoms. The molecule has 0 fully saturated rings. The number of hydrogen-bond acceptors (Lipinski definition) is 4. The van der Waals surface area contributed by atoms with E-state index in [0.717, 1.165) is 36.2 Å². The smallest absolute Gasteiger partial charge is 0.255 e. The molecule has 1 amide bonds. The number of halogens is 1. The van der Waals surface area contributed by atoms with E-state index in [9.17, 15) is 13.2 Å². The van der Waals surface area contributed by atoms with Crippen molar-refractivity contribution in [2.45, 2.75) is 18.4 Å². The number of rotatable bonds is 8. The maximum Gasteiger partial charge on any atom is 0.255 e. The highest BCUT2D eigenvalue weighted by Crippen LogP contribution is 2.21. The van der Waals surface area contributed by atoms with Gasteiger partial charge in [0.15, 0.2) is 0 Å². The summed E-state index contributed by atoms with van der Waals surface area (Å²) in [6.45, 7) is 1.64. The van der Waals surface area contributed by atoms with Gasteiger partial charge in [-0.1, -0.05) is 88.2 Å². The highest BCUT2D eigenvalue weighted by molar-refractivity contribution is 9.10. The fourth-order valence-corrected chi connectivity index (χ4v) is 5.26. The topological polar surface area (TPSA) is 78.8 Å². The third kappa shape index (κ3) is 6.22. The quantitative estimate of drug-likeness (QED) is 0.241. The van der Waals surface area contributed by atoms with E-state index >= 15 is 0 Å². The molecule has 0 aliphatic rings. The lowest BCUT2D eigenvalue weighted by Crippen LogP contribution is -2.39. The Kier molecular flexibility index (Phi) is 7.75. The molecule has 8 heteroatoms. The fraction of sp³-hybridized carbons (Fsp3) is 0.111. The molecule has 0 aromatic heterocycles. The Labute approximate surface area is 213 Å². The predicted octanol–water partition coefficient (Wildman–Crippen LogP) is 5.25. The number of carbonyl (C=O) groups is 1. The molecule has 4 aromatic rings. The number of nitrogens with one attached hydrogen (secondary N) is 1. The minimum atomic E-state index is -3.93. The highest BCUT2D eigenvalue weighted by atomic mass is 79.9. The second-order valence-electron chi connectivity index (χ2n) is 8.07. The first kappa shape index (κ1) is 24.8. The van der Waals surface area contributed by atoms with Crippen LogP contribution < -0.4 is 5.43 Å². The number of sulfonamides is 1. The average molecular weight is 550 g/mol. The normalized spacial score (nSPS) is 11.9.